The van der Waals surface area contributed by atoms with Gasteiger partial charge in [-0.25, -0.2) is 0 Å². The Morgan fingerprint density at radius 1 is 0.574 bits per heavy atom. The van der Waals surface area contributed by atoms with Crippen LogP contribution in [0.1, 0.15) is 46.9 Å². The van der Waals surface area contributed by atoms with Crippen LogP contribution in [0.3, 0.4) is 0 Å². The highest BCUT2D eigenvalue weighted by Crippen LogP contribution is 2.37. The van der Waals surface area contributed by atoms with Crippen molar-refractivity contribution in [3.63, 3.8) is 0 Å². The molecule has 2 atom stereocenters. The number of nitrogens with one attached hydrogen (secondary N) is 1. The van der Waals surface area contributed by atoms with Crippen molar-refractivity contribution < 1.29 is 0 Å². The minimum atomic E-state index is 0.173. The molecule has 0 radical (unpaired) electrons. The number of rotatable bonds is 8. The average Bonchev–Trinajstić information content (AvgIpc) is 3.27. The molecule has 4 nitrogen and oxygen atoms in total. The first-order valence-electron chi connectivity index (χ1n) is 19.0. The number of benzene rings is 5. The van der Waals surface area contributed by atoms with Crippen LogP contribution in [0.5, 0.6) is 0 Å². The van der Waals surface area contributed by atoms with E-state index in [0.717, 1.165) is 43.6 Å². The van der Waals surface area contributed by atoms with E-state index < -0.39 is 0 Å². The van der Waals surface area contributed by atoms with Gasteiger partial charge in [0, 0.05) is 68.1 Å². The fourth-order valence-electron chi connectivity index (χ4n) is 7.86. The van der Waals surface area contributed by atoms with E-state index in [2.05, 4.69) is 155 Å². The highest BCUT2D eigenvalue weighted by Gasteiger charge is 2.18. The zero-order chi connectivity index (χ0) is 36.1. The van der Waals surface area contributed by atoms with E-state index in [1.54, 1.807) is 0 Å². The maximum Gasteiger partial charge on any atom is 0.0493 e. The van der Waals surface area contributed by atoms with Crippen molar-refractivity contribution in [3.05, 3.63) is 186 Å². The van der Waals surface area contributed by atoms with Crippen LogP contribution in [-0.2, 0) is 0 Å². The largest absolute Gasteiger partial charge is 0.312 e. The molecule has 0 saturated carbocycles. The van der Waals surface area contributed by atoms with Gasteiger partial charge in [-0.3, -0.25) is 15.0 Å². The highest BCUT2D eigenvalue weighted by atomic mass is 14.9. The van der Waals surface area contributed by atoms with E-state index in [0.29, 0.717) is 5.92 Å². The van der Waals surface area contributed by atoms with Gasteiger partial charge in [0.2, 0.25) is 0 Å². The lowest BCUT2D eigenvalue weighted by Gasteiger charge is -2.21. The molecule has 54 heavy (non-hydrogen) atoms. The topological polar surface area (TPSA) is 49.6 Å². The molecule has 0 amide bonds. The third kappa shape index (κ3) is 7.34. The fourth-order valence-corrected chi connectivity index (χ4v) is 7.86. The third-order valence-corrected chi connectivity index (χ3v) is 10.8. The van der Waals surface area contributed by atoms with Crippen molar-refractivity contribution in [3.8, 4) is 44.5 Å². The molecular formula is C50H42N4. The molecule has 1 aromatic heterocycles. The van der Waals surface area contributed by atoms with Crippen LogP contribution in [0, 0.1) is 0 Å². The van der Waals surface area contributed by atoms with E-state index in [1.807, 2.05) is 37.1 Å². The second-order valence-corrected chi connectivity index (χ2v) is 14.4. The number of allylic oxidation sites excluding steroid dienone is 2. The van der Waals surface area contributed by atoms with Gasteiger partial charge < -0.3 is 5.32 Å². The molecule has 1 N–H and O–H groups in total. The zero-order valence-electron chi connectivity index (χ0n) is 30.3. The van der Waals surface area contributed by atoms with Gasteiger partial charge in [-0.1, -0.05) is 109 Å². The average molecular weight is 699 g/mol. The molecule has 2 unspecified atom stereocenters. The molecule has 5 aromatic carbocycles. The van der Waals surface area contributed by atoms with E-state index in [1.165, 1.54) is 66.8 Å². The molecule has 262 valence electrons. The number of hydrogen-bond acceptors (Lipinski definition) is 4. The quantitative estimate of drug-likeness (QED) is 0.161. The second kappa shape index (κ2) is 15.4. The lowest BCUT2D eigenvalue weighted by molar-refractivity contribution is 0.663. The minimum absolute atomic E-state index is 0.173. The van der Waals surface area contributed by atoms with Crippen LogP contribution in [-0.4, -0.2) is 37.0 Å². The monoisotopic (exact) mass is 698 g/mol. The maximum absolute atomic E-state index is 4.92. The molecule has 0 aliphatic carbocycles. The molecule has 0 fully saturated rings. The Labute approximate surface area is 318 Å². The number of dihydropyridines is 1. The molecule has 0 saturated heterocycles. The van der Waals surface area contributed by atoms with Crippen LogP contribution in [0.25, 0.3) is 55.7 Å². The Kier molecular flexibility index (Phi) is 9.58. The standard InChI is InChI=1S/C50H42N4/c1-2-9-35(10-3-1)43-23-44(25-46(24-43)40-15-6-18-51-30-40)36-11-4-13-38(21-36)49-29-50(34-54-33-49)39-14-5-12-37(22-39)45-26-47(41-16-7-19-52-31-41)28-48(27-45)42-17-8-20-53-32-42/h1-5,7-14,16-19,21-31,34,42,49,53H,6,15,20,32-33H2. The summed E-state index contributed by atoms with van der Waals surface area (Å²) < 4.78 is 0. The number of aliphatic imine (C=N–C) groups is 2. The first-order valence-corrected chi connectivity index (χ1v) is 19.0. The SMILES string of the molecule is C1=CC(c2cc(-c3cccnc3)cc(-c3cccc(C4=CC(c5cccc(-c6cc(C7=CN=CCC7)cc(-c7ccccc7)c6)c5)CN=C4)c3)c2)CNC1. The maximum atomic E-state index is 4.92. The Morgan fingerprint density at radius 2 is 1.26 bits per heavy atom. The summed E-state index contributed by atoms with van der Waals surface area (Å²) in [6.07, 6.45) is 18.8. The normalized spacial score (nSPS) is 17.9. The molecule has 4 heteroatoms. The third-order valence-electron chi connectivity index (χ3n) is 10.8. The van der Waals surface area contributed by atoms with Crippen molar-refractivity contribution in [2.24, 2.45) is 9.98 Å². The summed E-state index contributed by atoms with van der Waals surface area (Å²) in [6, 6.07) is 46.7. The van der Waals surface area contributed by atoms with Crippen molar-refractivity contribution in [2.75, 3.05) is 19.6 Å². The smallest absolute Gasteiger partial charge is 0.0493 e. The number of hydrogen-bond donors (Lipinski definition) is 1. The van der Waals surface area contributed by atoms with Crippen molar-refractivity contribution in [1.82, 2.24) is 10.3 Å². The van der Waals surface area contributed by atoms with E-state index in [-0.39, 0.29) is 5.92 Å². The van der Waals surface area contributed by atoms with Crippen molar-refractivity contribution in [1.29, 1.82) is 0 Å². The molecule has 3 aliphatic rings. The zero-order valence-corrected chi connectivity index (χ0v) is 30.3. The summed E-state index contributed by atoms with van der Waals surface area (Å²) in [7, 11) is 0. The lowest BCUT2D eigenvalue weighted by atomic mass is 9.87. The van der Waals surface area contributed by atoms with Gasteiger partial charge in [-0.2, -0.15) is 0 Å². The summed E-state index contributed by atoms with van der Waals surface area (Å²) in [5, 5.41) is 3.53. The summed E-state index contributed by atoms with van der Waals surface area (Å²) in [5.74, 6) is 0.500. The van der Waals surface area contributed by atoms with Gasteiger partial charge in [0.15, 0.2) is 0 Å². The van der Waals surface area contributed by atoms with Crippen LogP contribution in [0.2, 0.25) is 0 Å². The van der Waals surface area contributed by atoms with Gasteiger partial charge in [0.1, 0.15) is 0 Å². The Morgan fingerprint density at radius 3 is 2.04 bits per heavy atom. The summed E-state index contributed by atoms with van der Waals surface area (Å²) in [4.78, 5) is 13.8. The Hall–Kier alpha value is -6.23. The van der Waals surface area contributed by atoms with Crippen LogP contribution < -0.4 is 5.32 Å². The molecular weight excluding hydrogens is 657 g/mol. The van der Waals surface area contributed by atoms with Gasteiger partial charge in [0.05, 0.1) is 0 Å². The van der Waals surface area contributed by atoms with E-state index >= 15 is 0 Å². The predicted octanol–water partition coefficient (Wildman–Crippen LogP) is 11.4. The van der Waals surface area contributed by atoms with Gasteiger partial charge in [-0.05, 0) is 122 Å². The lowest BCUT2D eigenvalue weighted by Crippen LogP contribution is -2.24. The molecule has 4 heterocycles. The summed E-state index contributed by atoms with van der Waals surface area (Å²) in [5.41, 5.74) is 17.0. The number of nitrogens with zero attached hydrogens (tertiary/aromatic N) is 3. The van der Waals surface area contributed by atoms with E-state index in [4.69, 9.17) is 4.99 Å². The van der Waals surface area contributed by atoms with Crippen LogP contribution in [0.15, 0.2) is 174 Å². The first kappa shape index (κ1) is 33.6. The van der Waals surface area contributed by atoms with Gasteiger partial charge >= 0.3 is 0 Å². The Balaban J connectivity index is 1.05. The number of pyridine rings is 1. The molecule has 9 rings (SSSR count). The molecule has 6 aromatic rings. The van der Waals surface area contributed by atoms with Crippen LogP contribution in [0.4, 0.5) is 0 Å². The minimum Gasteiger partial charge on any atom is -0.312 e. The van der Waals surface area contributed by atoms with Crippen molar-refractivity contribution >= 4 is 23.6 Å². The summed E-state index contributed by atoms with van der Waals surface area (Å²) in [6.45, 7) is 2.59. The van der Waals surface area contributed by atoms with E-state index in [9.17, 15) is 0 Å². The predicted molar refractivity (Wildman–Crippen MR) is 227 cm³/mol. The molecule has 3 aliphatic heterocycles. The summed E-state index contributed by atoms with van der Waals surface area (Å²) >= 11 is 0. The van der Waals surface area contributed by atoms with Crippen LogP contribution >= 0.6 is 0 Å². The number of aromatic nitrogens is 1. The Bertz CT molecular complexity index is 2450. The van der Waals surface area contributed by atoms with Gasteiger partial charge in [-0.15, -0.1) is 0 Å². The second-order valence-electron chi connectivity index (χ2n) is 14.4. The fraction of sp³-hybridized carbons (Fsp3) is 0.140. The highest BCUT2D eigenvalue weighted by molar-refractivity contribution is 6.11. The van der Waals surface area contributed by atoms with Gasteiger partial charge in [0.25, 0.3) is 0 Å². The van der Waals surface area contributed by atoms with Crippen molar-refractivity contribution in [2.45, 2.75) is 24.7 Å². The first-order chi connectivity index (χ1) is 26.7. The molecule has 0 spiro atoms. The molecule has 0 bridgehead atoms.